The van der Waals surface area contributed by atoms with E-state index in [2.05, 4.69) is 27.5 Å². The van der Waals surface area contributed by atoms with Crippen LogP contribution < -0.4 is 5.32 Å². The van der Waals surface area contributed by atoms with Crippen LogP contribution in [0.3, 0.4) is 0 Å². The molecular formula is C12H19N5O3. The normalized spacial score (nSPS) is 17.1. The quantitative estimate of drug-likeness (QED) is 0.734. The summed E-state index contributed by atoms with van der Waals surface area (Å²) < 4.78 is 1.13. The average Bonchev–Trinajstić information content (AvgIpc) is 3.05. The lowest BCUT2D eigenvalue weighted by Crippen LogP contribution is -2.40. The number of rotatable bonds is 6. The van der Waals surface area contributed by atoms with Gasteiger partial charge in [0.1, 0.15) is 6.54 Å². The van der Waals surface area contributed by atoms with Crippen LogP contribution in [0.15, 0.2) is 6.20 Å². The highest BCUT2D eigenvalue weighted by Gasteiger charge is 2.19. The molecule has 20 heavy (non-hydrogen) atoms. The lowest BCUT2D eigenvalue weighted by atomic mass is 10.3. The molecule has 1 aromatic heterocycles. The first-order chi connectivity index (χ1) is 9.56. The Balaban J connectivity index is 1.81. The maximum Gasteiger partial charge on any atom is 0.325 e. The first-order valence-electron chi connectivity index (χ1n) is 6.70. The summed E-state index contributed by atoms with van der Waals surface area (Å²) in [6.07, 6.45) is 3.76. The van der Waals surface area contributed by atoms with Gasteiger partial charge in [-0.15, -0.1) is 5.10 Å². The standard InChI is InChI=1S/C12H19N5O3/c1-9(16-4-2-3-5-16)6-13-12(20)10-7-17(15-14-10)8-11(18)19/h7,9H,2-6,8H2,1H3,(H,13,20)(H,18,19). The van der Waals surface area contributed by atoms with Crippen LogP contribution in [0, 0.1) is 0 Å². The van der Waals surface area contributed by atoms with E-state index in [-0.39, 0.29) is 24.2 Å². The van der Waals surface area contributed by atoms with E-state index in [9.17, 15) is 9.59 Å². The Labute approximate surface area is 116 Å². The van der Waals surface area contributed by atoms with E-state index in [0.717, 1.165) is 17.8 Å². The zero-order chi connectivity index (χ0) is 14.5. The van der Waals surface area contributed by atoms with Crippen molar-refractivity contribution >= 4 is 11.9 Å². The van der Waals surface area contributed by atoms with Crippen molar-refractivity contribution in [3.63, 3.8) is 0 Å². The number of likely N-dealkylation sites (tertiary alicyclic amines) is 1. The maximum atomic E-state index is 11.9. The Hall–Kier alpha value is -1.96. The summed E-state index contributed by atoms with van der Waals surface area (Å²) >= 11 is 0. The molecule has 2 N–H and O–H groups in total. The molecule has 0 radical (unpaired) electrons. The summed E-state index contributed by atoms with van der Waals surface area (Å²) in [6, 6.07) is 0.288. The predicted octanol–water partition coefficient (Wildman–Crippen LogP) is -0.423. The maximum absolute atomic E-state index is 11.9. The van der Waals surface area contributed by atoms with Gasteiger partial charge in [0.15, 0.2) is 5.69 Å². The number of hydrogen-bond donors (Lipinski definition) is 2. The van der Waals surface area contributed by atoms with Crippen molar-refractivity contribution in [2.45, 2.75) is 32.4 Å². The first-order valence-corrected chi connectivity index (χ1v) is 6.70. The van der Waals surface area contributed by atoms with Gasteiger partial charge in [0.2, 0.25) is 0 Å². The molecule has 0 saturated carbocycles. The zero-order valence-corrected chi connectivity index (χ0v) is 11.4. The van der Waals surface area contributed by atoms with Crippen molar-refractivity contribution in [2.24, 2.45) is 0 Å². The van der Waals surface area contributed by atoms with Crippen molar-refractivity contribution in [3.05, 3.63) is 11.9 Å². The third kappa shape index (κ3) is 3.77. The molecule has 0 spiro atoms. The molecule has 1 aromatic rings. The molecule has 2 heterocycles. The minimum atomic E-state index is -1.02. The topological polar surface area (TPSA) is 100 Å². The van der Waals surface area contributed by atoms with Gasteiger partial charge in [-0.05, 0) is 32.9 Å². The van der Waals surface area contributed by atoms with Gasteiger partial charge >= 0.3 is 5.97 Å². The van der Waals surface area contributed by atoms with Crippen LogP contribution in [-0.2, 0) is 11.3 Å². The molecule has 2 rings (SSSR count). The second-order valence-corrected chi connectivity index (χ2v) is 5.00. The van der Waals surface area contributed by atoms with E-state index in [1.54, 1.807) is 0 Å². The molecular weight excluding hydrogens is 262 g/mol. The molecule has 8 nitrogen and oxygen atoms in total. The molecule has 110 valence electrons. The average molecular weight is 281 g/mol. The summed E-state index contributed by atoms with van der Waals surface area (Å²) in [6.45, 7) is 4.47. The summed E-state index contributed by atoms with van der Waals surface area (Å²) in [5.74, 6) is -1.35. The van der Waals surface area contributed by atoms with Gasteiger partial charge in [-0.3, -0.25) is 14.5 Å². The fourth-order valence-corrected chi connectivity index (χ4v) is 2.26. The van der Waals surface area contributed by atoms with Crippen LogP contribution in [0.25, 0.3) is 0 Å². The highest BCUT2D eigenvalue weighted by molar-refractivity contribution is 5.91. The predicted molar refractivity (Wildman–Crippen MR) is 70.3 cm³/mol. The number of carboxylic acids is 1. The molecule has 1 atom stereocenters. The molecule has 1 unspecified atom stereocenters. The van der Waals surface area contributed by atoms with E-state index in [1.165, 1.54) is 19.0 Å². The zero-order valence-electron chi connectivity index (χ0n) is 11.4. The van der Waals surface area contributed by atoms with Gasteiger partial charge in [0, 0.05) is 12.6 Å². The molecule has 0 aromatic carbocycles. The molecule has 8 heteroatoms. The summed E-state index contributed by atoms with van der Waals surface area (Å²) in [5, 5.41) is 18.7. The largest absolute Gasteiger partial charge is 0.480 e. The number of carbonyl (C=O) groups is 2. The third-order valence-electron chi connectivity index (χ3n) is 3.39. The lowest BCUT2D eigenvalue weighted by molar-refractivity contribution is -0.137. The van der Waals surface area contributed by atoms with Crippen molar-refractivity contribution in [2.75, 3.05) is 19.6 Å². The number of aliphatic carboxylic acids is 1. The van der Waals surface area contributed by atoms with Gasteiger partial charge in [0.05, 0.1) is 6.20 Å². The Kier molecular flexibility index (Phi) is 4.67. The number of carbonyl (C=O) groups excluding carboxylic acids is 1. The second kappa shape index (κ2) is 6.47. The van der Waals surface area contributed by atoms with Crippen molar-refractivity contribution in [1.82, 2.24) is 25.2 Å². The van der Waals surface area contributed by atoms with Gasteiger partial charge in [-0.2, -0.15) is 0 Å². The number of nitrogens with one attached hydrogen (secondary N) is 1. The summed E-state index contributed by atoms with van der Waals surface area (Å²) in [4.78, 5) is 24.7. The Bertz CT molecular complexity index is 481. The SMILES string of the molecule is CC(CNC(=O)c1cn(CC(=O)O)nn1)N1CCCC1. The van der Waals surface area contributed by atoms with E-state index in [1.807, 2.05) is 0 Å². The van der Waals surface area contributed by atoms with E-state index >= 15 is 0 Å². The number of aromatic nitrogens is 3. The molecule has 1 aliphatic heterocycles. The second-order valence-electron chi connectivity index (χ2n) is 5.00. The fraction of sp³-hybridized carbons (Fsp3) is 0.667. The molecule has 1 fully saturated rings. The number of hydrogen-bond acceptors (Lipinski definition) is 5. The van der Waals surface area contributed by atoms with E-state index in [4.69, 9.17) is 5.11 Å². The highest BCUT2D eigenvalue weighted by Crippen LogP contribution is 2.10. The Morgan fingerprint density at radius 3 is 2.80 bits per heavy atom. The fourth-order valence-electron chi connectivity index (χ4n) is 2.26. The summed E-state index contributed by atoms with van der Waals surface area (Å²) in [7, 11) is 0. The smallest absolute Gasteiger partial charge is 0.325 e. The Morgan fingerprint density at radius 1 is 1.45 bits per heavy atom. The molecule has 0 bridgehead atoms. The summed E-state index contributed by atoms with van der Waals surface area (Å²) in [5.41, 5.74) is 0.139. The van der Waals surface area contributed by atoms with E-state index in [0.29, 0.717) is 6.54 Å². The molecule has 1 saturated heterocycles. The minimum Gasteiger partial charge on any atom is -0.480 e. The van der Waals surface area contributed by atoms with Crippen molar-refractivity contribution in [1.29, 1.82) is 0 Å². The van der Waals surface area contributed by atoms with Gasteiger partial charge in [0.25, 0.3) is 5.91 Å². The van der Waals surface area contributed by atoms with E-state index < -0.39 is 5.97 Å². The van der Waals surface area contributed by atoms with Crippen LogP contribution in [0.1, 0.15) is 30.3 Å². The van der Waals surface area contributed by atoms with Crippen LogP contribution in [-0.4, -0.2) is 62.6 Å². The Morgan fingerprint density at radius 2 is 2.15 bits per heavy atom. The minimum absolute atomic E-state index is 0.139. The van der Waals surface area contributed by atoms with Crippen LogP contribution in [0.2, 0.25) is 0 Å². The van der Waals surface area contributed by atoms with Gasteiger partial charge < -0.3 is 10.4 Å². The van der Waals surface area contributed by atoms with Crippen LogP contribution in [0.5, 0.6) is 0 Å². The number of amides is 1. The monoisotopic (exact) mass is 281 g/mol. The molecule has 1 amide bonds. The van der Waals surface area contributed by atoms with Crippen LogP contribution in [0.4, 0.5) is 0 Å². The molecule has 1 aliphatic rings. The number of nitrogens with zero attached hydrogens (tertiary/aromatic N) is 4. The third-order valence-corrected chi connectivity index (χ3v) is 3.39. The number of carboxylic acid groups (broad SMARTS) is 1. The molecule has 0 aliphatic carbocycles. The highest BCUT2D eigenvalue weighted by atomic mass is 16.4. The first kappa shape index (κ1) is 14.4. The van der Waals surface area contributed by atoms with Crippen molar-refractivity contribution in [3.8, 4) is 0 Å². The van der Waals surface area contributed by atoms with Gasteiger partial charge in [-0.1, -0.05) is 5.21 Å². The van der Waals surface area contributed by atoms with Crippen molar-refractivity contribution < 1.29 is 14.7 Å². The van der Waals surface area contributed by atoms with Crippen LogP contribution >= 0.6 is 0 Å². The van der Waals surface area contributed by atoms with Gasteiger partial charge in [-0.25, -0.2) is 4.68 Å². The lowest BCUT2D eigenvalue weighted by Gasteiger charge is -2.23.